The number of ether oxygens (including phenoxy) is 2. The third-order valence-corrected chi connectivity index (χ3v) is 2.18. The maximum absolute atomic E-state index is 11.2. The predicted octanol–water partition coefficient (Wildman–Crippen LogP) is 1.56. The number of amides is 1. The van der Waals surface area contributed by atoms with Crippen molar-refractivity contribution in [3.05, 3.63) is 23.8 Å². The molecule has 0 unspecified atom stereocenters. The monoisotopic (exact) mass is 252 g/mol. The summed E-state index contributed by atoms with van der Waals surface area (Å²) in [7, 11) is 0. The summed E-state index contributed by atoms with van der Waals surface area (Å²) in [4.78, 5) is 11.2. The number of primary amides is 1. The Labute approximate surface area is 107 Å². The molecular weight excluding hydrogens is 232 g/mol. The lowest BCUT2D eigenvalue weighted by Crippen LogP contribution is -2.23. The van der Waals surface area contributed by atoms with E-state index in [0.717, 1.165) is 0 Å². The van der Waals surface area contributed by atoms with E-state index in [1.807, 2.05) is 20.8 Å². The van der Waals surface area contributed by atoms with E-state index >= 15 is 0 Å². The van der Waals surface area contributed by atoms with E-state index in [-0.39, 0.29) is 11.2 Å². The van der Waals surface area contributed by atoms with Crippen molar-refractivity contribution in [1.82, 2.24) is 0 Å². The normalized spacial score (nSPS) is 11.3. The zero-order valence-electron chi connectivity index (χ0n) is 11.0. The van der Waals surface area contributed by atoms with E-state index in [1.54, 1.807) is 18.2 Å². The van der Waals surface area contributed by atoms with Crippen LogP contribution in [0.25, 0.3) is 0 Å². The molecule has 0 fully saturated rings. The fraction of sp³-hybridized carbons (Fsp3) is 0.462. The van der Waals surface area contributed by atoms with Crippen LogP contribution in [-0.2, 0) is 4.74 Å². The molecule has 0 aliphatic rings. The van der Waals surface area contributed by atoms with Crippen molar-refractivity contribution < 1.29 is 14.3 Å². The van der Waals surface area contributed by atoms with Gasteiger partial charge in [0.2, 0.25) is 0 Å². The lowest BCUT2D eigenvalue weighted by Gasteiger charge is -2.20. The predicted molar refractivity (Wildman–Crippen MR) is 70.6 cm³/mol. The quantitative estimate of drug-likeness (QED) is 0.615. The molecule has 0 saturated heterocycles. The van der Waals surface area contributed by atoms with Crippen LogP contribution in [0.2, 0.25) is 0 Å². The van der Waals surface area contributed by atoms with E-state index in [9.17, 15) is 4.79 Å². The number of benzene rings is 1. The summed E-state index contributed by atoms with van der Waals surface area (Å²) in [5, 5.41) is 0. The molecule has 0 heterocycles. The molecule has 1 aromatic carbocycles. The Morgan fingerprint density at radius 2 is 1.94 bits per heavy atom. The maximum atomic E-state index is 11.2. The van der Waals surface area contributed by atoms with Crippen molar-refractivity contribution in [1.29, 1.82) is 0 Å². The summed E-state index contributed by atoms with van der Waals surface area (Å²) in [5.41, 5.74) is 11.5. The molecule has 0 radical (unpaired) electrons. The fourth-order valence-electron chi connectivity index (χ4n) is 1.40. The molecule has 0 bridgehead atoms. The first-order valence-electron chi connectivity index (χ1n) is 5.76. The Kier molecular flexibility index (Phi) is 4.55. The van der Waals surface area contributed by atoms with Crippen molar-refractivity contribution in [2.75, 3.05) is 18.9 Å². The second-order valence-electron chi connectivity index (χ2n) is 4.90. The van der Waals surface area contributed by atoms with Crippen LogP contribution in [0.4, 0.5) is 5.69 Å². The highest BCUT2D eigenvalue weighted by Crippen LogP contribution is 2.25. The summed E-state index contributed by atoms with van der Waals surface area (Å²) in [6.07, 6.45) is 0. The minimum atomic E-state index is -0.561. The lowest BCUT2D eigenvalue weighted by atomic mass is 10.1. The molecule has 5 heteroatoms. The van der Waals surface area contributed by atoms with Gasteiger partial charge in [-0.25, -0.2) is 0 Å². The number of hydrogen-bond acceptors (Lipinski definition) is 4. The molecule has 0 spiro atoms. The van der Waals surface area contributed by atoms with Gasteiger partial charge >= 0.3 is 0 Å². The molecule has 5 nitrogen and oxygen atoms in total. The van der Waals surface area contributed by atoms with Gasteiger partial charge in [0.15, 0.2) is 5.75 Å². The molecule has 0 aliphatic heterocycles. The van der Waals surface area contributed by atoms with Gasteiger partial charge in [-0.2, -0.15) is 0 Å². The average molecular weight is 252 g/mol. The topological polar surface area (TPSA) is 87.6 Å². The Morgan fingerprint density at radius 1 is 1.28 bits per heavy atom. The van der Waals surface area contributed by atoms with Crippen LogP contribution in [0, 0.1) is 0 Å². The third kappa shape index (κ3) is 4.25. The van der Waals surface area contributed by atoms with Crippen molar-refractivity contribution in [2.45, 2.75) is 26.4 Å². The first-order chi connectivity index (χ1) is 8.31. The molecule has 100 valence electrons. The van der Waals surface area contributed by atoms with E-state index < -0.39 is 5.91 Å². The van der Waals surface area contributed by atoms with Gasteiger partial charge < -0.3 is 20.9 Å². The summed E-state index contributed by atoms with van der Waals surface area (Å²) in [6, 6.07) is 4.90. The number of nitrogens with two attached hydrogens (primary N) is 2. The van der Waals surface area contributed by atoms with Crippen LogP contribution in [0.15, 0.2) is 18.2 Å². The zero-order valence-corrected chi connectivity index (χ0v) is 11.0. The molecular formula is C13H20N2O3. The number of para-hydroxylation sites is 1. The van der Waals surface area contributed by atoms with Gasteiger partial charge in [-0.15, -0.1) is 0 Å². The highest BCUT2D eigenvalue weighted by Gasteiger charge is 2.13. The number of anilines is 1. The van der Waals surface area contributed by atoms with Gasteiger partial charge in [0, 0.05) is 0 Å². The van der Waals surface area contributed by atoms with Gasteiger partial charge in [0.05, 0.1) is 23.5 Å². The molecule has 0 aromatic heterocycles. The molecule has 4 N–H and O–H groups in total. The van der Waals surface area contributed by atoms with Gasteiger partial charge in [0.25, 0.3) is 5.91 Å². The van der Waals surface area contributed by atoms with Crippen LogP contribution in [0.1, 0.15) is 31.1 Å². The van der Waals surface area contributed by atoms with Crippen LogP contribution in [-0.4, -0.2) is 24.7 Å². The second-order valence-corrected chi connectivity index (χ2v) is 4.90. The summed E-state index contributed by atoms with van der Waals surface area (Å²) < 4.78 is 11.0. The van der Waals surface area contributed by atoms with E-state index in [2.05, 4.69) is 0 Å². The number of nitrogen functional groups attached to an aromatic ring is 1. The standard InChI is InChI=1S/C13H20N2O3/c1-13(2,3)18-8-7-17-11-9(12(15)16)5-4-6-10(11)14/h4-6H,7-8,14H2,1-3H3,(H2,15,16). The molecule has 1 aromatic rings. The third-order valence-electron chi connectivity index (χ3n) is 2.18. The Balaban J connectivity index is 2.64. The van der Waals surface area contributed by atoms with Gasteiger partial charge in [-0.1, -0.05) is 6.07 Å². The first-order valence-corrected chi connectivity index (χ1v) is 5.76. The van der Waals surface area contributed by atoms with Crippen LogP contribution < -0.4 is 16.2 Å². The van der Waals surface area contributed by atoms with Gasteiger partial charge in [-0.05, 0) is 32.9 Å². The smallest absolute Gasteiger partial charge is 0.252 e. The van der Waals surface area contributed by atoms with Crippen molar-refractivity contribution >= 4 is 11.6 Å². The largest absolute Gasteiger partial charge is 0.488 e. The van der Waals surface area contributed by atoms with Crippen LogP contribution in [0.5, 0.6) is 5.75 Å². The zero-order chi connectivity index (χ0) is 13.8. The van der Waals surface area contributed by atoms with Gasteiger partial charge in [0.1, 0.15) is 6.61 Å². The van der Waals surface area contributed by atoms with Crippen molar-refractivity contribution in [2.24, 2.45) is 5.73 Å². The molecule has 1 amide bonds. The minimum absolute atomic E-state index is 0.224. The number of carbonyl (C=O) groups excluding carboxylic acids is 1. The number of carbonyl (C=O) groups is 1. The Bertz CT molecular complexity index is 425. The number of rotatable bonds is 5. The molecule has 1 rings (SSSR count). The highest BCUT2D eigenvalue weighted by molar-refractivity contribution is 5.97. The second kappa shape index (κ2) is 5.73. The maximum Gasteiger partial charge on any atom is 0.252 e. The summed E-state index contributed by atoms with van der Waals surface area (Å²) in [6.45, 7) is 6.60. The fourth-order valence-corrected chi connectivity index (χ4v) is 1.40. The number of hydrogen-bond donors (Lipinski definition) is 2. The van der Waals surface area contributed by atoms with Crippen molar-refractivity contribution in [3.8, 4) is 5.75 Å². The Hall–Kier alpha value is -1.75. The van der Waals surface area contributed by atoms with E-state index in [0.29, 0.717) is 24.7 Å². The summed E-state index contributed by atoms with van der Waals surface area (Å²) in [5.74, 6) is -0.239. The molecule has 0 saturated carbocycles. The van der Waals surface area contributed by atoms with E-state index in [4.69, 9.17) is 20.9 Å². The average Bonchev–Trinajstić information content (AvgIpc) is 2.24. The molecule has 0 aliphatic carbocycles. The Morgan fingerprint density at radius 3 is 2.50 bits per heavy atom. The lowest BCUT2D eigenvalue weighted by molar-refractivity contribution is -0.0162. The SMILES string of the molecule is CC(C)(C)OCCOc1c(N)cccc1C(N)=O. The minimum Gasteiger partial charge on any atom is -0.488 e. The molecule has 18 heavy (non-hydrogen) atoms. The summed E-state index contributed by atoms with van der Waals surface area (Å²) >= 11 is 0. The highest BCUT2D eigenvalue weighted by atomic mass is 16.5. The van der Waals surface area contributed by atoms with Crippen LogP contribution >= 0.6 is 0 Å². The molecule has 0 atom stereocenters. The van der Waals surface area contributed by atoms with E-state index in [1.165, 1.54) is 0 Å². The van der Waals surface area contributed by atoms with Gasteiger partial charge in [-0.3, -0.25) is 4.79 Å². The first kappa shape index (κ1) is 14.3. The van der Waals surface area contributed by atoms with Crippen LogP contribution in [0.3, 0.4) is 0 Å². The van der Waals surface area contributed by atoms with Crippen molar-refractivity contribution in [3.63, 3.8) is 0 Å².